The molecule has 0 aromatic carbocycles. The Kier molecular flexibility index (Phi) is 4.49. The summed E-state index contributed by atoms with van der Waals surface area (Å²) in [5.74, 6) is 4.99. The van der Waals surface area contributed by atoms with E-state index in [9.17, 15) is 4.79 Å². The number of hydrogen-bond donors (Lipinski definition) is 0. The summed E-state index contributed by atoms with van der Waals surface area (Å²) < 4.78 is 5.69. The van der Waals surface area contributed by atoms with Gasteiger partial charge in [0, 0.05) is 31.3 Å². The van der Waals surface area contributed by atoms with Crippen molar-refractivity contribution >= 4 is 5.91 Å². The molecule has 5 heteroatoms. The van der Waals surface area contributed by atoms with Crippen molar-refractivity contribution in [2.45, 2.75) is 82.5 Å². The minimum atomic E-state index is 0.131. The average molecular weight is 357 g/mol. The molecule has 0 N–H and O–H groups in total. The maximum Gasteiger partial charge on any atom is 0.229 e. The molecule has 1 amide bonds. The second kappa shape index (κ2) is 6.97. The largest absolute Gasteiger partial charge is 0.342 e. The third-order valence-electron chi connectivity index (χ3n) is 7.63. The van der Waals surface area contributed by atoms with Crippen LogP contribution < -0.4 is 0 Å². The number of amides is 1. The average Bonchev–Trinajstić information content (AvgIpc) is 3.25. The Morgan fingerprint density at radius 1 is 0.962 bits per heavy atom. The van der Waals surface area contributed by atoms with Crippen molar-refractivity contribution < 1.29 is 9.32 Å². The Labute approximate surface area is 155 Å². The second-order valence-corrected chi connectivity index (χ2v) is 9.30. The van der Waals surface area contributed by atoms with Crippen molar-refractivity contribution in [3.63, 3.8) is 0 Å². The van der Waals surface area contributed by atoms with Gasteiger partial charge in [-0.2, -0.15) is 4.98 Å². The monoisotopic (exact) mass is 357 g/mol. The van der Waals surface area contributed by atoms with Gasteiger partial charge in [-0.1, -0.05) is 37.3 Å². The molecule has 4 aliphatic rings. The third kappa shape index (κ3) is 3.18. The van der Waals surface area contributed by atoms with Gasteiger partial charge in [0.1, 0.15) is 0 Å². The Morgan fingerprint density at radius 2 is 1.81 bits per heavy atom. The summed E-state index contributed by atoms with van der Waals surface area (Å²) in [6.07, 6.45) is 13.8. The van der Waals surface area contributed by atoms with Crippen LogP contribution in [0.2, 0.25) is 0 Å². The van der Waals surface area contributed by atoms with Crippen LogP contribution in [0.3, 0.4) is 0 Å². The van der Waals surface area contributed by atoms with E-state index in [1.165, 1.54) is 64.2 Å². The topological polar surface area (TPSA) is 59.2 Å². The normalized spacial score (nSPS) is 35.4. The number of rotatable bonds is 4. The lowest BCUT2D eigenvalue weighted by molar-refractivity contribution is -0.128. The molecule has 4 fully saturated rings. The third-order valence-corrected chi connectivity index (χ3v) is 7.63. The van der Waals surface area contributed by atoms with Crippen molar-refractivity contribution in [1.82, 2.24) is 15.0 Å². The molecule has 5 rings (SSSR count). The smallest absolute Gasteiger partial charge is 0.229 e. The minimum absolute atomic E-state index is 0.131. The predicted molar refractivity (Wildman–Crippen MR) is 97.6 cm³/mol. The first-order valence-electron chi connectivity index (χ1n) is 10.9. The molecule has 142 valence electrons. The molecule has 3 saturated carbocycles. The van der Waals surface area contributed by atoms with E-state index in [1.807, 2.05) is 4.90 Å². The predicted octanol–water partition coefficient (Wildman–Crippen LogP) is 4.26. The van der Waals surface area contributed by atoms with Crippen LogP contribution >= 0.6 is 0 Å². The number of nitrogens with zero attached hydrogens (tertiary/aromatic N) is 3. The van der Waals surface area contributed by atoms with Crippen molar-refractivity contribution in [3.8, 4) is 0 Å². The lowest BCUT2D eigenvalue weighted by atomic mass is 9.67. The fourth-order valence-corrected chi connectivity index (χ4v) is 5.79. The van der Waals surface area contributed by atoms with Gasteiger partial charge in [-0.3, -0.25) is 4.79 Å². The number of aromatic nitrogens is 2. The van der Waals surface area contributed by atoms with E-state index in [-0.39, 0.29) is 11.8 Å². The van der Waals surface area contributed by atoms with E-state index in [4.69, 9.17) is 9.51 Å². The Morgan fingerprint density at radius 3 is 2.62 bits per heavy atom. The van der Waals surface area contributed by atoms with E-state index in [0.29, 0.717) is 12.3 Å². The van der Waals surface area contributed by atoms with Crippen molar-refractivity contribution in [1.29, 1.82) is 0 Å². The fraction of sp³-hybridized carbons (Fsp3) is 0.857. The molecule has 4 unspecified atom stereocenters. The van der Waals surface area contributed by atoms with Crippen LogP contribution in [0.1, 0.15) is 94.2 Å². The maximum absolute atomic E-state index is 12.3. The minimum Gasteiger partial charge on any atom is -0.342 e. The van der Waals surface area contributed by atoms with Crippen LogP contribution in [0.4, 0.5) is 0 Å². The van der Waals surface area contributed by atoms with Crippen LogP contribution in [-0.4, -0.2) is 34.0 Å². The van der Waals surface area contributed by atoms with Crippen LogP contribution in [0.25, 0.3) is 0 Å². The Balaban J connectivity index is 1.22. The first-order chi connectivity index (χ1) is 12.8. The van der Waals surface area contributed by atoms with Crippen molar-refractivity contribution in [2.75, 3.05) is 13.1 Å². The van der Waals surface area contributed by atoms with E-state index < -0.39 is 0 Å². The highest BCUT2D eigenvalue weighted by atomic mass is 16.5. The zero-order valence-corrected chi connectivity index (χ0v) is 15.7. The number of carbonyl (C=O) groups excluding carboxylic acids is 1. The quantitative estimate of drug-likeness (QED) is 0.808. The molecule has 4 atom stereocenters. The summed E-state index contributed by atoms with van der Waals surface area (Å²) in [6, 6.07) is 0. The number of hydrogen-bond acceptors (Lipinski definition) is 4. The molecule has 1 aromatic heterocycles. The van der Waals surface area contributed by atoms with Gasteiger partial charge in [0.2, 0.25) is 11.8 Å². The van der Waals surface area contributed by atoms with Gasteiger partial charge in [-0.15, -0.1) is 0 Å². The van der Waals surface area contributed by atoms with Crippen LogP contribution in [0.15, 0.2) is 4.52 Å². The Bertz CT molecular complexity index is 653. The van der Waals surface area contributed by atoms with E-state index in [1.54, 1.807) is 0 Å². The lowest BCUT2D eigenvalue weighted by Crippen LogP contribution is -2.33. The summed E-state index contributed by atoms with van der Waals surface area (Å²) in [7, 11) is 0. The van der Waals surface area contributed by atoms with Gasteiger partial charge < -0.3 is 9.42 Å². The molecule has 3 aliphatic carbocycles. The second-order valence-electron chi connectivity index (χ2n) is 9.30. The summed E-state index contributed by atoms with van der Waals surface area (Å²) in [4.78, 5) is 19.2. The van der Waals surface area contributed by atoms with E-state index >= 15 is 0 Å². The van der Waals surface area contributed by atoms with E-state index in [2.05, 4.69) is 5.16 Å². The number of carbonyl (C=O) groups is 1. The lowest BCUT2D eigenvalue weighted by Gasteiger charge is -2.38. The summed E-state index contributed by atoms with van der Waals surface area (Å²) in [5.41, 5.74) is 0. The fourth-order valence-electron chi connectivity index (χ4n) is 5.79. The van der Waals surface area contributed by atoms with Crippen molar-refractivity contribution in [2.24, 2.45) is 17.8 Å². The number of fused-ring (bicyclic) bond motifs is 1. The maximum atomic E-state index is 12.3. The molecule has 0 bridgehead atoms. The van der Waals surface area contributed by atoms with Gasteiger partial charge in [-0.05, 0) is 49.9 Å². The Hall–Kier alpha value is -1.39. The van der Waals surface area contributed by atoms with Gasteiger partial charge in [0.25, 0.3) is 0 Å². The van der Waals surface area contributed by atoms with Gasteiger partial charge in [-0.25, -0.2) is 0 Å². The molecule has 5 nitrogen and oxygen atoms in total. The summed E-state index contributed by atoms with van der Waals surface area (Å²) in [6.45, 7) is 1.72. The molecule has 1 aliphatic heterocycles. The zero-order valence-electron chi connectivity index (χ0n) is 15.7. The standard InChI is InChI=1S/C21H31N3O2/c25-19-11-18(13-24(19)12-14-4-3-5-14)20-22-21(26-23-20)17-9-8-15-6-1-2-7-16(15)10-17/h14-18H,1-13H2. The molecule has 1 aromatic rings. The van der Waals surface area contributed by atoms with Gasteiger partial charge in [0.15, 0.2) is 5.82 Å². The van der Waals surface area contributed by atoms with Crippen LogP contribution in [-0.2, 0) is 4.79 Å². The first-order valence-corrected chi connectivity index (χ1v) is 10.9. The summed E-state index contributed by atoms with van der Waals surface area (Å²) in [5, 5.41) is 4.29. The molecule has 2 heterocycles. The van der Waals surface area contributed by atoms with Gasteiger partial charge >= 0.3 is 0 Å². The zero-order chi connectivity index (χ0) is 17.5. The number of likely N-dealkylation sites (tertiary alicyclic amines) is 1. The first kappa shape index (κ1) is 16.8. The molecule has 1 saturated heterocycles. The highest BCUT2D eigenvalue weighted by molar-refractivity contribution is 5.79. The molecule has 0 spiro atoms. The SMILES string of the molecule is O=C1CC(c2noc(C3CCC4CCCCC4C3)n2)CN1CC1CCC1. The summed E-state index contributed by atoms with van der Waals surface area (Å²) >= 11 is 0. The molecule has 0 radical (unpaired) electrons. The van der Waals surface area contributed by atoms with E-state index in [0.717, 1.165) is 42.6 Å². The molecular formula is C21H31N3O2. The molecular weight excluding hydrogens is 326 g/mol. The molecule has 26 heavy (non-hydrogen) atoms. The van der Waals surface area contributed by atoms with Crippen molar-refractivity contribution in [3.05, 3.63) is 11.7 Å². The highest BCUT2D eigenvalue weighted by Gasteiger charge is 2.38. The highest BCUT2D eigenvalue weighted by Crippen LogP contribution is 2.46. The van der Waals surface area contributed by atoms with Crippen LogP contribution in [0, 0.1) is 17.8 Å². The van der Waals surface area contributed by atoms with Crippen LogP contribution in [0.5, 0.6) is 0 Å². The van der Waals surface area contributed by atoms with Gasteiger partial charge in [0.05, 0.1) is 0 Å².